The highest BCUT2D eigenvalue weighted by atomic mass is 32.2. The van der Waals surface area contributed by atoms with Gasteiger partial charge in [0.1, 0.15) is 17.3 Å². The Hall–Kier alpha value is -3.07. The van der Waals surface area contributed by atoms with Crippen molar-refractivity contribution in [3.63, 3.8) is 0 Å². The topological polar surface area (TPSA) is 112 Å². The van der Waals surface area contributed by atoms with Gasteiger partial charge in [0, 0.05) is 12.1 Å². The molecule has 2 heterocycles. The van der Waals surface area contributed by atoms with E-state index in [0.717, 1.165) is 11.8 Å². The van der Waals surface area contributed by atoms with Crippen LogP contribution >= 0.6 is 11.8 Å². The van der Waals surface area contributed by atoms with E-state index in [1.54, 1.807) is 12.1 Å². The van der Waals surface area contributed by atoms with Gasteiger partial charge in [-0.15, -0.1) is 0 Å². The maximum absolute atomic E-state index is 11.5. The number of methoxy groups -OCH3 is 1. The summed E-state index contributed by atoms with van der Waals surface area (Å²) in [5, 5.41) is 12.5. The van der Waals surface area contributed by atoms with Crippen LogP contribution in [0.25, 0.3) is 17.4 Å². The molecular formula is C15H10N2O6S. The Labute approximate surface area is 139 Å². The number of hydrogen-bond donors (Lipinski definition) is 1. The zero-order chi connectivity index (χ0) is 17.3. The van der Waals surface area contributed by atoms with Crippen LogP contribution in [0.1, 0.15) is 5.76 Å². The minimum Gasteiger partial charge on any atom is -0.496 e. The van der Waals surface area contributed by atoms with E-state index in [9.17, 15) is 19.7 Å². The molecule has 3 rings (SSSR count). The van der Waals surface area contributed by atoms with E-state index in [-0.39, 0.29) is 10.6 Å². The highest BCUT2D eigenvalue weighted by Gasteiger charge is 2.25. The van der Waals surface area contributed by atoms with Crippen LogP contribution in [0.15, 0.2) is 39.7 Å². The van der Waals surface area contributed by atoms with Crippen molar-refractivity contribution in [3.8, 4) is 17.1 Å². The van der Waals surface area contributed by atoms with Gasteiger partial charge in [-0.1, -0.05) is 0 Å². The second kappa shape index (κ2) is 6.20. The number of carbonyl (C=O) groups is 2. The van der Waals surface area contributed by atoms with Gasteiger partial charge in [-0.05, 0) is 30.0 Å². The van der Waals surface area contributed by atoms with Crippen molar-refractivity contribution in [2.24, 2.45) is 0 Å². The molecule has 122 valence electrons. The molecule has 1 aliphatic rings. The van der Waals surface area contributed by atoms with Crippen molar-refractivity contribution in [3.05, 3.63) is 51.1 Å². The molecule has 9 heteroatoms. The number of carbonyl (C=O) groups excluding carboxylic acids is 2. The molecule has 1 saturated heterocycles. The third-order valence-electron chi connectivity index (χ3n) is 3.20. The number of rotatable bonds is 4. The fraction of sp³-hybridized carbons (Fsp3) is 0.0667. The highest BCUT2D eigenvalue weighted by Crippen LogP contribution is 2.35. The predicted octanol–water partition coefficient (Wildman–Crippen LogP) is 3.19. The van der Waals surface area contributed by atoms with Crippen LogP contribution in [0.2, 0.25) is 0 Å². The first-order valence-electron chi connectivity index (χ1n) is 6.65. The molecule has 0 aliphatic carbocycles. The number of nitrogens with one attached hydrogen (secondary N) is 1. The highest BCUT2D eigenvalue weighted by molar-refractivity contribution is 8.18. The summed E-state index contributed by atoms with van der Waals surface area (Å²) >= 11 is 0.788. The Balaban J connectivity index is 1.94. The smallest absolute Gasteiger partial charge is 0.290 e. The summed E-state index contributed by atoms with van der Waals surface area (Å²) in [6, 6.07) is 7.44. The van der Waals surface area contributed by atoms with Crippen LogP contribution in [0.4, 0.5) is 10.5 Å². The molecule has 1 aromatic heterocycles. The lowest BCUT2D eigenvalue weighted by atomic mass is 10.1. The van der Waals surface area contributed by atoms with Crippen molar-refractivity contribution in [2.75, 3.05) is 7.11 Å². The van der Waals surface area contributed by atoms with Gasteiger partial charge < -0.3 is 9.15 Å². The summed E-state index contributed by atoms with van der Waals surface area (Å²) in [7, 11) is 1.40. The molecule has 2 aromatic rings. The van der Waals surface area contributed by atoms with Crippen LogP contribution in [-0.4, -0.2) is 23.2 Å². The standard InChI is InChI=1S/C15H10N2O6S/c1-22-12-6-8(17(20)21)2-4-10(12)11-5-3-9(23-11)7-13-14(18)16-15(19)24-13/h2-7H,1H3,(H,16,18,19). The van der Waals surface area contributed by atoms with Crippen molar-refractivity contribution >= 4 is 34.7 Å². The zero-order valence-electron chi connectivity index (χ0n) is 12.3. The summed E-state index contributed by atoms with van der Waals surface area (Å²) in [6.07, 6.45) is 1.45. The molecule has 1 fully saturated rings. The lowest BCUT2D eigenvalue weighted by Crippen LogP contribution is -2.17. The number of amides is 2. The second-order valence-electron chi connectivity index (χ2n) is 4.70. The van der Waals surface area contributed by atoms with Gasteiger partial charge in [-0.3, -0.25) is 25.0 Å². The SMILES string of the molecule is COc1cc([N+](=O)[O-])ccc1-c1ccc(C=C2SC(=O)NC2=O)o1. The van der Waals surface area contributed by atoms with Crippen molar-refractivity contribution < 1.29 is 23.7 Å². The van der Waals surface area contributed by atoms with Crippen molar-refractivity contribution in [2.45, 2.75) is 0 Å². The van der Waals surface area contributed by atoms with Crippen LogP contribution < -0.4 is 10.1 Å². The first-order valence-corrected chi connectivity index (χ1v) is 7.47. The van der Waals surface area contributed by atoms with E-state index in [4.69, 9.17) is 9.15 Å². The number of imide groups is 1. The fourth-order valence-corrected chi connectivity index (χ4v) is 2.78. The van der Waals surface area contributed by atoms with Gasteiger partial charge in [-0.25, -0.2) is 0 Å². The van der Waals surface area contributed by atoms with E-state index < -0.39 is 16.1 Å². The van der Waals surface area contributed by atoms with E-state index in [0.29, 0.717) is 22.8 Å². The molecule has 1 N–H and O–H groups in total. The summed E-state index contributed by atoms with van der Waals surface area (Å²) in [5.41, 5.74) is 0.439. The molecule has 0 atom stereocenters. The number of furan rings is 1. The Bertz CT molecular complexity index is 886. The molecule has 2 amide bonds. The first kappa shape index (κ1) is 15.8. The Morgan fingerprint density at radius 1 is 1.29 bits per heavy atom. The summed E-state index contributed by atoms with van der Waals surface area (Å²) in [5.74, 6) is 0.609. The molecule has 0 radical (unpaired) electrons. The number of thioether (sulfide) groups is 1. The zero-order valence-corrected chi connectivity index (χ0v) is 13.1. The Morgan fingerprint density at radius 2 is 2.08 bits per heavy atom. The fourth-order valence-electron chi connectivity index (χ4n) is 2.12. The number of nitrogens with zero attached hydrogens (tertiary/aromatic N) is 1. The molecule has 1 aliphatic heterocycles. The van der Waals surface area contributed by atoms with Crippen LogP contribution in [0.5, 0.6) is 5.75 Å². The Morgan fingerprint density at radius 3 is 2.71 bits per heavy atom. The van der Waals surface area contributed by atoms with E-state index in [2.05, 4.69) is 5.32 Å². The molecular weight excluding hydrogens is 336 g/mol. The third kappa shape index (κ3) is 3.01. The average Bonchev–Trinajstić information content (AvgIpc) is 3.13. The number of benzene rings is 1. The van der Waals surface area contributed by atoms with Gasteiger partial charge in [-0.2, -0.15) is 0 Å². The van der Waals surface area contributed by atoms with E-state index in [1.165, 1.54) is 31.4 Å². The van der Waals surface area contributed by atoms with Crippen LogP contribution in [0, 0.1) is 10.1 Å². The minimum absolute atomic E-state index is 0.0953. The van der Waals surface area contributed by atoms with Crippen molar-refractivity contribution in [1.82, 2.24) is 5.32 Å². The molecule has 0 saturated carbocycles. The molecule has 0 bridgehead atoms. The van der Waals surface area contributed by atoms with Crippen LogP contribution in [0.3, 0.4) is 0 Å². The number of ether oxygens (including phenoxy) is 1. The number of nitro benzene ring substituents is 1. The average molecular weight is 346 g/mol. The lowest BCUT2D eigenvalue weighted by Gasteiger charge is -2.05. The summed E-state index contributed by atoms with van der Waals surface area (Å²) in [6.45, 7) is 0. The quantitative estimate of drug-likeness (QED) is 0.514. The molecule has 0 unspecified atom stereocenters. The Kier molecular flexibility index (Phi) is 4.09. The largest absolute Gasteiger partial charge is 0.496 e. The van der Waals surface area contributed by atoms with Gasteiger partial charge in [0.15, 0.2) is 0 Å². The summed E-state index contributed by atoms with van der Waals surface area (Å²) in [4.78, 5) is 33.2. The van der Waals surface area contributed by atoms with Gasteiger partial charge in [0.25, 0.3) is 16.8 Å². The second-order valence-corrected chi connectivity index (χ2v) is 5.71. The minimum atomic E-state index is -0.517. The third-order valence-corrected chi connectivity index (χ3v) is 4.01. The maximum atomic E-state index is 11.5. The van der Waals surface area contributed by atoms with E-state index >= 15 is 0 Å². The summed E-state index contributed by atoms with van der Waals surface area (Å²) < 4.78 is 10.8. The molecule has 1 aromatic carbocycles. The van der Waals surface area contributed by atoms with E-state index in [1.807, 2.05) is 0 Å². The lowest BCUT2D eigenvalue weighted by molar-refractivity contribution is -0.384. The van der Waals surface area contributed by atoms with Gasteiger partial charge >= 0.3 is 0 Å². The monoisotopic (exact) mass is 346 g/mol. The van der Waals surface area contributed by atoms with Crippen molar-refractivity contribution in [1.29, 1.82) is 0 Å². The maximum Gasteiger partial charge on any atom is 0.290 e. The first-order chi connectivity index (χ1) is 11.5. The predicted molar refractivity (Wildman–Crippen MR) is 86.5 cm³/mol. The molecule has 0 spiro atoms. The number of hydrogen-bond acceptors (Lipinski definition) is 7. The molecule has 8 nitrogen and oxygen atoms in total. The molecule has 24 heavy (non-hydrogen) atoms. The normalized spacial score (nSPS) is 15.6. The number of non-ortho nitro benzene ring substituents is 1. The van der Waals surface area contributed by atoms with Gasteiger partial charge in [0.05, 0.1) is 28.6 Å². The number of nitro groups is 1. The van der Waals surface area contributed by atoms with Crippen LogP contribution in [-0.2, 0) is 4.79 Å². The van der Waals surface area contributed by atoms with Gasteiger partial charge in [0.2, 0.25) is 0 Å².